The number of nitrogens with one attached hydrogen (secondary N) is 1. The average molecular weight is 372 g/mol. The highest BCUT2D eigenvalue weighted by molar-refractivity contribution is 6.29. The molecule has 8 heteroatoms. The molecule has 3 aromatic rings. The third-order valence-electron chi connectivity index (χ3n) is 4.20. The van der Waals surface area contributed by atoms with Crippen LogP contribution in [0.15, 0.2) is 30.6 Å². The Bertz CT molecular complexity index is 960. The van der Waals surface area contributed by atoms with Crippen LogP contribution < -0.4 is 15.8 Å². The minimum atomic E-state index is -0.0369. The van der Waals surface area contributed by atoms with Gasteiger partial charge in [0, 0.05) is 17.5 Å². The number of nitrogen functional groups attached to an aromatic ring is 1. The fraction of sp³-hybridized carbons (Fsp3) is 0.278. The summed E-state index contributed by atoms with van der Waals surface area (Å²) in [4.78, 5) is 13.0. The lowest BCUT2D eigenvalue weighted by Gasteiger charge is -2.16. The molecule has 1 atom stereocenters. The Labute approximate surface area is 155 Å². The number of anilines is 3. The second-order valence-electron chi connectivity index (χ2n) is 6.17. The normalized spacial score (nSPS) is 16.8. The van der Waals surface area contributed by atoms with Crippen LogP contribution in [-0.2, 0) is 4.74 Å². The summed E-state index contributed by atoms with van der Waals surface area (Å²) >= 11 is 6.05. The predicted octanol–water partition coefficient (Wildman–Crippen LogP) is 3.48. The third-order valence-corrected chi connectivity index (χ3v) is 4.41. The molecule has 0 radical (unpaired) electrons. The van der Waals surface area contributed by atoms with Gasteiger partial charge in [-0.2, -0.15) is 4.98 Å². The molecule has 3 N–H and O–H groups in total. The van der Waals surface area contributed by atoms with E-state index in [9.17, 15) is 0 Å². The lowest BCUT2D eigenvalue weighted by molar-refractivity contribution is 0.138. The Balaban J connectivity index is 1.72. The van der Waals surface area contributed by atoms with E-state index in [2.05, 4.69) is 20.3 Å². The highest BCUT2D eigenvalue weighted by Crippen LogP contribution is 2.32. The van der Waals surface area contributed by atoms with Crippen molar-refractivity contribution in [2.75, 3.05) is 24.3 Å². The van der Waals surface area contributed by atoms with Crippen molar-refractivity contribution >= 4 is 39.7 Å². The highest BCUT2D eigenvalue weighted by atomic mass is 35.5. The number of aryl methyl sites for hydroxylation is 1. The SMILES string of the molecule is Cc1cc(N)cc2ncnc(Nc3ccc(Cl)nc3OC3CCOC3)c12. The topological polar surface area (TPSA) is 95.2 Å². The van der Waals surface area contributed by atoms with Crippen LogP contribution in [0.25, 0.3) is 10.9 Å². The molecule has 2 aromatic heterocycles. The van der Waals surface area contributed by atoms with Gasteiger partial charge >= 0.3 is 0 Å². The van der Waals surface area contributed by atoms with Gasteiger partial charge < -0.3 is 20.5 Å². The number of benzene rings is 1. The summed E-state index contributed by atoms with van der Waals surface area (Å²) in [6, 6.07) is 7.24. The summed E-state index contributed by atoms with van der Waals surface area (Å²) in [6.07, 6.45) is 2.28. The van der Waals surface area contributed by atoms with Crippen LogP contribution in [-0.4, -0.2) is 34.3 Å². The van der Waals surface area contributed by atoms with Crippen LogP contribution in [0.5, 0.6) is 5.88 Å². The Hall–Kier alpha value is -2.64. The van der Waals surface area contributed by atoms with Crippen LogP contribution in [0.4, 0.5) is 17.2 Å². The van der Waals surface area contributed by atoms with E-state index >= 15 is 0 Å². The number of ether oxygens (including phenoxy) is 2. The maximum absolute atomic E-state index is 6.05. The number of pyridine rings is 1. The molecule has 0 aliphatic carbocycles. The van der Waals surface area contributed by atoms with E-state index < -0.39 is 0 Å². The van der Waals surface area contributed by atoms with Gasteiger partial charge in [0.2, 0.25) is 5.88 Å². The molecule has 134 valence electrons. The molecule has 0 amide bonds. The van der Waals surface area contributed by atoms with E-state index in [4.69, 9.17) is 26.8 Å². The van der Waals surface area contributed by atoms with Gasteiger partial charge in [-0.3, -0.25) is 0 Å². The molecule has 3 heterocycles. The number of hydrogen-bond acceptors (Lipinski definition) is 7. The monoisotopic (exact) mass is 371 g/mol. The first-order valence-electron chi connectivity index (χ1n) is 8.29. The Morgan fingerprint density at radius 1 is 1.31 bits per heavy atom. The number of fused-ring (bicyclic) bond motifs is 1. The maximum Gasteiger partial charge on any atom is 0.239 e. The van der Waals surface area contributed by atoms with Gasteiger partial charge in [0.15, 0.2) is 0 Å². The second kappa shape index (κ2) is 6.93. The summed E-state index contributed by atoms with van der Waals surface area (Å²) in [5, 5.41) is 4.56. The predicted molar refractivity (Wildman–Crippen MR) is 101 cm³/mol. The van der Waals surface area contributed by atoms with Crippen molar-refractivity contribution in [3.8, 4) is 5.88 Å². The molecule has 1 saturated heterocycles. The summed E-state index contributed by atoms with van der Waals surface area (Å²) in [7, 11) is 0. The van der Waals surface area contributed by atoms with Gasteiger partial charge in [0.05, 0.1) is 18.7 Å². The minimum absolute atomic E-state index is 0.0369. The number of hydrogen-bond donors (Lipinski definition) is 2. The number of nitrogens with two attached hydrogens (primary N) is 1. The number of halogens is 1. The van der Waals surface area contributed by atoms with Crippen LogP contribution in [0.1, 0.15) is 12.0 Å². The second-order valence-corrected chi connectivity index (χ2v) is 6.56. The zero-order chi connectivity index (χ0) is 18.1. The van der Waals surface area contributed by atoms with Crippen LogP contribution in [0.3, 0.4) is 0 Å². The summed E-state index contributed by atoms with van der Waals surface area (Å²) in [5.41, 5.74) is 9.02. The first-order chi connectivity index (χ1) is 12.6. The van der Waals surface area contributed by atoms with Gasteiger partial charge in [-0.05, 0) is 36.8 Å². The van der Waals surface area contributed by atoms with E-state index in [1.807, 2.05) is 25.1 Å². The molecule has 1 aliphatic heterocycles. The van der Waals surface area contributed by atoms with Crippen molar-refractivity contribution in [1.29, 1.82) is 0 Å². The van der Waals surface area contributed by atoms with E-state index in [1.165, 1.54) is 6.33 Å². The van der Waals surface area contributed by atoms with Gasteiger partial charge in [0.25, 0.3) is 0 Å². The van der Waals surface area contributed by atoms with Crippen LogP contribution in [0, 0.1) is 6.92 Å². The molecule has 26 heavy (non-hydrogen) atoms. The zero-order valence-electron chi connectivity index (χ0n) is 14.2. The molecule has 4 rings (SSSR count). The fourth-order valence-electron chi connectivity index (χ4n) is 3.01. The highest BCUT2D eigenvalue weighted by Gasteiger charge is 2.20. The molecule has 7 nitrogen and oxygen atoms in total. The van der Waals surface area contributed by atoms with Gasteiger partial charge in [-0.15, -0.1) is 0 Å². The molecule has 0 saturated carbocycles. The largest absolute Gasteiger partial charge is 0.470 e. The summed E-state index contributed by atoms with van der Waals surface area (Å²) in [6.45, 7) is 3.20. The Kier molecular flexibility index (Phi) is 4.48. The van der Waals surface area contributed by atoms with Crippen molar-refractivity contribution in [2.45, 2.75) is 19.4 Å². The molecule has 1 aromatic carbocycles. The van der Waals surface area contributed by atoms with Gasteiger partial charge in [0.1, 0.15) is 29.1 Å². The maximum atomic E-state index is 6.05. The van der Waals surface area contributed by atoms with Crippen molar-refractivity contribution in [3.63, 3.8) is 0 Å². The van der Waals surface area contributed by atoms with Gasteiger partial charge in [-0.25, -0.2) is 9.97 Å². The van der Waals surface area contributed by atoms with Crippen molar-refractivity contribution in [1.82, 2.24) is 15.0 Å². The number of rotatable bonds is 4. The van der Waals surface area contributed by atoms with E-state index in [1.54, 1.807) is 6.07 Å². The smallest absolute Gasteiger partial charge is 0.239 e. The lowest BCUT2D eigenvalue weighted by Crippen LogP contribution is -2.17. The quantitative estimate of drug-likeness (QED) is 0.535. The minimum Gasteiger partial charge on any atom is -0.470 e. The standard InChI is InChI=1S/C18H18ClN5O2/c1-10-6-11(20)7-14-16(10)17(22-9-21-14)23-13-2-3-15(19)24-18(13)26-12-4-5-25-8-12/h2-3,6-7,9,12H,4-5,8,20H2,1H3,(H,21,22,23). The average Bonchev–Trinajstić information content (AvgIpc) is 3.10. The van der Waals surface area contributed by atoms with Crippen molar-refractivity contribution in [3.05, 3.63) is 41.3 Å². The Morgan fingerprint density at radius 2 is 2.19 bits per heavy atom. The van der Waals surface area contributed by atoms with Gasteiger partial charge in [-0.1, -0.05) is 11.6 Å². The Morgan fingerprint density at radius 3 is 3.00 bits per heavy atom. The molecular formula is C18H18ClN5O2. The van der Waals surface area contributed by atoms with Crippen LogP contribution >= 0.6 is 11.6 Å². The molecule has 1 unspecified atom stereocenters. The van der Waals surface area contributed by atoms with E-state index in [-0.39, 0.29) is 6.10 Å². The summed E-state index contributed by atoms with van der Waals surface area (Å²) < 4.78 is 11.3. The van der Waals surface area contributed by atoms with Crippen molar-refractivity contribution in [2.24, 2.45) is 0 Å². The third kappa shape index (κ3) is 3.36. The molecule has 0 spiro atoms. The molecular weight excluding hydrogens is 354 g/mol. The fourth-order valence-corrected chi connectivity index (χ4v) is 3.15. The van der Waals surface area contributed by atoms with Crippen LogP contribution in [0.2, 0.25) is 5.15 Å². The van der Waals surface area contributed by atoms with Crippen molar-refractivity contribution < 1.29 is 9.47 Å². The summed E-state index contributed by atoms with van der Waals surface area (Å²) in [5.74, 6) is 1.08. The molecule has 1 fully saturated rings. The molecule has 1 aliphatic rings. The zero-order valence-corrected chi connectivity index (χ0v) is 15.0. The first kappa shape index (κ1) is 16.8. The number of nitrogens with zero attached hydrogens (tertiary/aromatic N) is 3. The first-order valence-corrected chi connectivity index (χ1v) is 8.67. The van der Waals surface area contributed by atoms with E-state index in [0.29, 0.717) is 41.4 Å². The lowest BCUT2D eigenvalue weighted by atomic mass is 10.1. The van der Waals surface area contributed by atoms with E-state index in [0.717, 1.165) is 22.9 Å². The molecule has 0 bridgehead atoms. The number of aromatic nitrogens is 3.